The summed E-state index contributed by atoms with van der Waals surface area (Å²) in [7, 11) is 0. The number of rotatable bonds is 1. The number of nitrogens with two attached hydrogens (primary N) is 1. The van der Waals surface area contributed by atoms with Crippen LogP contribution < -0.4 is 16.0 Å². The summed E-state index contributed by atoms with van der Waals surface area (Å²) >= 11 is 0. The summed E-state index contributed by atoms with van der Waals surface area (Å²) in [6, 6.07) is -0.458. The lowest BCUT2D eigenvalue weighted by atomic mass is 10.2. The summed E-state index contributed by atoms with van der Waals surface area (Å²) in [5.41, 5.74) is 6.29. The van der Waals surface area contributed by atoms with Crippen molar-refractivity contribution in [3.8, 4) is 0 Å². The van der Waals surface area contributed by atoms with Crippen LogP contribution in [0.1, 0.15) is 12.5 Å². The quantitative estimate of drug-likeness (QED) is 0.619. The number of anilines is 2. The number of amides is 2. The number of imide groups is 1. The Morgan fingerprint density at radius 3 is 2.94 bits per heavy atom. The number of nitrogens with zero attached hydrogens (tertiary/aromatic N) is 3. The Bertz CT molecular complexity index is 488. The number of aromatic nitrogens is 2. The largest absolute Gasteiger partial charge is 0.368 e. The first kappa shape index (κ1) is 11.3. The first-order chi connectivity index (χ1) is 7.99. The molecule has 0 aliphatic carbocycles. The van der Waals surface area contributed by atoms with E-state index in [9.17, 15) is 9.59 Å². The van der Waals surface area contributed by atoms with E-state index < -0.39 is 6.04 Å². The van der Waals surface area contributed by atoms with Crippen molar-refractivity contribution in [1.82, 2.24) is 15.3 Å². The van der Waals surface area contributed by atoms with Crippen molar-refractivity contribution < 1.29 is 9.59 Å². The molecule has 2 rings (SSSR count). The summed E-state index contributed by atoms with van der Waals surface area (Å²) in [4.78, 5) is 32.4. The zero-order valence-corrected chi connectivity index (χ0v) is 9.60. The SMILES string of the molecule is Cc1cnc(N)nc1N1CC(=O)NC(=O)C1C. The fourth-order valence-corrected chi connectivity index (χ4v) is 1.71. The van der Waals surface area contributed by atoms with E-state index in [4.69, 9.17) is 5.73 Å². The number of aryl methyl sites for hydroxylation is 1. The van der Waals surface area contributed by atoms with Crippen LogP contribution in [0.3, 0.4) is 0 Å². The van der Waals surface area contributed by atoms with Crippen molar-refractivity contribution in [2.24, 2.45) is 0 Å². The van der Waals surface area contributed by atoms with E-state index >= 15 is 0 Å². The van der Waals surface area contributed by atoms with Gasteiger partial charge in [0.25, 0.3) is 0 Å². The maximum atomic E-state index is 11.5. The van der Waals surface area contributed by atoms with Gasteiger partial charge >= 0.3 is 0 Å². The highest BCUT2D eigenvalue weighted by atomic mass is 16.2. The number of hydrogen-bond donors (Lipinski definition) is 2. The molecule has 1 aliphatic rings. The molecule has 1 unspecified atom stereocenters. The lowest BCUT2D eigenvalue weighted by molar-refractivity contribution is -0.132. The molecular weight excluding hydrogens is 222 g/mol. The monoisotopic (exact) mass is 235 g/mol. The second-order valence-electron chi connectivity index (χ2n) is 3.95. The molecule has 1 aromatic heterocycles. The van der Waals surface area contributed by atoms with Crippen LogP contribution >= 0.6 is 0 Å². The third kappa shape index (κ3) is 2.03. The van der Waals surface area contributed by atoms with Crippen LogP contribution in [0.15, 0.2) is 6.20 Å². The molecule has 0 saturated carbocycles. The lowest BCUT2D eigenvalue weighted by Crippen LogP contribution is -2.57. The predicted molar refractivity (Wildman–Crippen MR) is 61.1 cm³/mol. The zero-order valence-electron chi connectivity index (χ0n) is 9.60. The average Bonchev–Trinajstić information content (AvgIpc) is 2.27. The van der Waals surface area contributed by atoms with Gasteiger partial charge in [-0.2, -0.15) is 4.98 Å². The molecule has 2 heterocycles. The van der Waals surface area contributed by atoms with Gasteiger partial charge in [0.15, 0.2) is 0 Å². The van der Waals surface area contributed by atoms with Crippen LogP contribution in [0.25, 0.3) is 0 Å². The number of carbonyl (C=O) groups is 2. The Balaban J connectivity index is 2.40. The summed E-state index contributed by atoms with van der Waals surface area (Å²) in [5, 5.41) is 2.27. The van der Waals surface area contributed by atoms with Crippen LogP contribution in [0, 0.1) is 6.92 Å². The van der Waals surface area contributed by atoms with Gasteiger partial charge in [0.05, 0.1) is 6.54 Å². The van der Waals surface area contributed by atoms with Crippen molar-refractivity contribution in [3.05, 3.63) is 11.8 Å². The van der Waals surface area contributed by atoms with Gasteiger partial charge in [-0.25, -0.2) is 4.98 Å². The molecule has 1 saturated heterocycles. The molecule has 0 radical (unpaired) electrons. The van der Waals surface area contributed by atoms with Crippen LogP contribution in [-0.2, 0) is 9.59 Å². The van der Waals surface area contributed by atoms with E-state index in [1.807, 2.05) is 0 Å². The van der Waals surface area contributed by atoms with Crippen molar-refractivity contribution in [3.63, 3.8) is 0 Å². The topological polar surface area (TPSA) is 101 Å². The van der Waals surface area contributed by atoms with Crippen molar-refractivity contribution >= 4 is 23.6 Å². The van der Waals surface area contributed by atoms with Crippen LogP contribution in [0.5, 0.6) is 0 Å². The minimum absolute atomic E-state index is 0.0875. The van der Waals surface area contributed by atoms with Gasteiger partial charge in [-0.05, 0) is 13.8 Å². The minimum Gasteiger partial charge on any atom is -0.368 e. The maximum Gasteiger partial charge on any atom is 0.249 e. The highest BCUT2D eigenvalue weighted by Gasteiger charge is 2.31. The number of piperazine rings is 1. The molecule has 1 aliphatic heterocycles. The van der Waals surface area contributed by atoms with Crippen molar-refractivity contribution in [1.29, 1.82) is 0 Å². The molecule has 90 valence electrons. The summed E-state index contributed by atoms with van der Waals surface area (Å²) in [6.45, 7) is 3.60. The van der Waals surface area contributed by atoms with Crippen LogP contribution in [0.2, 0.25) is 0 Å². The number of nitrogens with one attached hydrogen (secondary N) is 1. The molecule has 2 amide bonds. The van der Waals surface area contributed by atoms with Gasteiger partial charge in [-0.3, -0.25) is 14.9 Å². The van der Waals surface area contributed by atoms with Gasteiger partial charge in [-0.1, -0.05) is 0 Å². The Hall–Kier alpha value is -2.18. The van der Waals surface area contributed by atoms with Crippen molar-refractivity contribution in [2.45, 2.75) is 19.9 Å². The molecule has 0 bridgehead atoms. The van der Waals surface area contributed by atoms with Crippen molar-refractivity contribution in [2.75, 3.05) is 17.2 Å². The average molecular weight is 235 g/mol. The molecule has 0 aromatic carbocycles. The Kier molecular flexibility index (Phi) is 2.66. The van der Waals surface area contributed by atoms with E-state index in [1.54, 1.807) is 24.9 Å². The number of carbonyl (C=O) groups excluding carboxylic acids is 2. The number of hydrogen-bond acceptors (Lipinski definition) is 6. The van der Waals surface area contributed by atoms with Gasteiger partial charge < -0.3 is 10.6 Å². The second kappa shape index (κ2) is 4.00. The highest BCUT2D eigenvalue weighted by molar-refractivity contribution is 6.04. The molecule has 7 nitrogen and oxygen atoms in total. The Labute approximate surface area is 98.0 Å². The van der Waals surface area contributed by atoms with E-state index in [-0.39, 0.29) is 24.3 Å². The fraction of sp³-hybridized carbons (Fsp3) is 0.400. The smallest absolute Gasteiger partial charge is 0.249 e. The van der Waals surface area contributed by atoms with Gasteiger partial charge in [0, 0.05) is 11.8 Å². The van der Waals surface area contributed by atoms with Crippen LogP contribution in [-0.4, -0.2) is 34.4 Å². The third-order valence-electron chi connectivity index (χ3n) is 2.66. The predicted octanol–water partition coefficient (Wildman–Crippen LogP) is -0.781. The van der Waals surface area contributed by atoms with Gasteiger partial charge in [-0.15, -0.1) is 0 Å². The highest BCUT2D eigenvalue weighted by Crippen LogP contribution is 2.20. The van der Waals surface area contributed by atoms with E-state index in [2.05, 4.69) is 15.3 Å². The van der Waals surface area contributed by atoms with Crippen LogP contribution in [0.4, 0.5) is 11.8 Å². The first-order valence-electron chi connectivity index (χ1n) is 5.18. The third-order valence-corrected chi connectivity index (χ3v) is 2.66. The van der Waals surface area contributed by atoms with Gasteiger partial charge in [0.2, 0.25) is 17.8 Å². The van der Waals surface area contributed by atoms with E-state index in [0.717, 1.165) is 5.56 Å². The number of nitrogen functional groups attached to an aromatic ring is 1. The maximum absolute atomic E-state index is 11.5. The lowest BCUT2D eigenvalue weighted by Gasteiger charge is -2.33. The van der Waals surface area contributed by atoms with E-state index in [1.165, 1.54) is 0 Å². The molecule has 3 N–H and O–H groups in total. The molecule has 1 atom stereocenters. The molecule has 0 spiro atoms. The standard InChI is InChI=1S/C10H13N5O2/c1-5-3-12-10(11)14-8(5)15-4-7(16)13-9(17)6(15)2/h3,6H,4H2,1-2H3,(H2,11,12,14)(H,13,16,17). The zero-order chi connectivity index (χ0) is 12.6. The Morgan fingerprint density at radius 2 is 2.24 bits per heavy atom. The van der Waals surface area contributed by atoms with Gasteiger partial charge in [0.1, 0.15) is 11.9 Å². The molecule has 1 aromatic rings. The molecule has 1 fully saturated rings. The summed E-state index contributed by atoms with van der Waals surface area (Å²) < 4.78 is 0. The molecule has 17 heavy (non-hydrogen) atoms. The molecular formula is C10H13N5O2. The summed E-state index contributed by atoms with van der Waals surface area (Å²) in [6.07, 6.45) is 1.57. The Morgan fingerprint density at radius 1 is 1.53 bits per heavy atom. The molecule has 7 heteroatoms. The first-order valence-corrected chi connectivity index (χ1v) is 5.18. The van der Waals surface area contributed by atoms with E-state index in [0.29, 0.717) is 5.82 Å². The normalized spacial score (nSPS) is 20.4. The second-order valence-corrected chi connectivity index (χ2v) is 3.95. The minimum atomic E-state index is -0.458. The fourth-order valence-electron chi connectivity index (χ4n) is 1.71. The summed E-state index contributed by atoms with van der Waals surface area (Å²) in [5.74, 6) is -0.0352.